The SMILES string of the molecule is CCN1C(=O)C=CC1=O.N=C=N. The van der Waals surface area contributed by atoms with Crippen molar-refractivity contribution in [3.8, 4) is 0 Å². The summed E-state index contributed by atoms with van der Waals surface area (Å²) < 4.78 is 0. The zero-order chi connectivity index (χ0) is 9.56. The molecule has 0 saturated carbocycles. The minimum absolute atomic E-state index is 0.206. The molecule has 2 amide bonds. The Morgan fingerprint density at radius 3 is 1.83 bits per heavy atom. The monoisotopic (exact) mass is 167 g/mol. The second kappa shape index (κ2) is 4.98. The molecule has 64 valence electrons. The maximum atomic E-state index is 10.6. The standard InChI is InChI=1S/C6H7NO2.CH2N2/c1-2-7-5(8)3-4-6(7)9;2-1-3/h3-4H,2H2,1H3;2-3H. The summed E-state index contributed by atoms with van der Waals surface area (Å²) in [6.45, 7) is 2.23. The van der Waals surface area contributed by atoms with Crippen LogP contribution in [0, 0.1) is 10.8 Å². The fourth-order valence-electron chi connectivity index (χ4n) is 0.743. The van der Waals surface area contributed by atoms with E-state index in [4.69, 9.17) is 10.8 Å². The highest BCUT2D eigenvalue weighted by atomic mass is 16.2. The summed E-state index contributed by atoms with van der Waals surface area (Å²) in [6.07, 6.45) is 2.57. The molecule has 2 N–H and O–H groups in total. The third kappa shape index (κ3) is 2.48. The summed E-state index contributed by atoms with van der Waals surface area (Å²) in [7, 11) is 0. The number of hydrogen-bond acceptors (Lipinski definition) is 4. The predicted octanol–water partition coefficient (Wildman–Crippen LogP) is 0.249. The van der Waals surface area contributed by atoms with Gasteiger partial charge in [0.15, 0.2) is 0 Å². The van der Waals surface area contributed by atoms with Crippen LogP contribution in [0.4, 0.5) is 0 Å². The second-order valence-corrected chi connectivity index (χ2v) is 1.88. The van der Waals surface area contributed by atoms with Crippen LogP contribution in [0.1, 0.15) is 6.92 Å². The molecule has 5 heteroatoms. The molecule has 12 heavy (non-hydrogen) atoms. The van der Waals surface area contributed by atoms with Crippen molar-refractivity contribution in [2.75, 3.05) is 6.54 Å². The highest BCUT2D eigenvalue weighted by molar-refractivity contribution is 6.12. The zero-order valence-electron chi connectivity index (χ0n) is 6.63. The molecule has 0 aromatic heterocycles. The Kier molecular flexibility index (Phi) is 4.26. The van der Waals surface area contributed by atoms with Crippen LogP contribution in [0.5, 0.6) is 0 Å². The zero-order valence-corrected chi connectivity index (χ0v) is 6.63. The van der Waals surface area contributed by atoms with E-state index in [0.717, 1.165) is 0 Å². The molecule has 0 fully saturated rings. The van der Waals surface area contributed by atoms with Gasteiger partial charge in [-0.25, -0.2) is 10.8 Å². The molecule has 0 aromatic carbocycles. The first-order valence-corrected chi connectivity index (χ1v) is 3.29. The fraction of sp³-hybridized carbons (Fsp3) is 0.286. The van der Waals surface area contributed by atoms with Crippen molar-refractivity contribution in [2.24, 2.45) is 0 Å². The van der Waals surface area contributed by atoms with Crippen molar-refractivity contribution in [2.45, 2.75) is 6.92 Å². The number of nitrogens with zero attached hydrogens (tertiary/aromatic N) is 1. The first-order valence-electron chi connectivity index (χ1n) is 3.29. The molecule has 0 radical (unpaired) electrons. The van der Waals surface area contributed by atoms with Crippen LogP contribution in [0.3, 0.4) is 0 Å². The van der Waals surface area contributed by atoms with Gasteiger partial charge in [-0.05, 0) is 6.92 Å². The van der Waals surface area contributed by atoms with E-state index in [9.17, 15) is 9.59 Å². The lowest BCUT2D eigenvalue weighted by atomic mass is 10.5. The van der Waals surface area contributed by atoms with Gasteiger partial charge >= 0.3 is 0 Å². The Labute approximate surface area is 69.7 Å². The molecule has 1 heterocycles. The number of likely N-dealkylation sites (N-methyl/N-ethyl adjacent to an activating group) is 1. The molecule has 1 rings (SSSR count). The van der Waals surface area contributed by atoms with E-state index in [2.05, 4.69) is 0 Å². The van der Waals surface area contributed by atoms with E-state index in [1.54, 1.807) is 6.92 Å². The third-order valence-corrected chi connectivity index (χ3v) is 1.22. The normalized spacial score (nSPS) is 13.9. The molecule has 0 aromatic rings. The minimum Gasteiger partial charge on any atom is -0.276 e. The van der Waals surface area contributed by atoms with Crippen LogP contribution in [0.25, 0.3) is 0 Å². The van der Waals surface area contributed by atoms with Crippen LogP contribution in [0.2, 0.25) is 0 Å². The smallest absolute Gasteiger partial charge is 0.253 e. The summed E-state index contributed by atoms with van der Waals surface area (Å²) in [6, 6.07) is 1.25. The van der Waals surface area contributed by atoms with E-state index >= 15 is 0 Å². The van der Waals surface area contributed by atoms with E-state index in [0.29, 0.717) is 6.54 Å². The van der Waals surface area contributed by atoms with Gasteiger partial charge in [0.25, 0.3) is 11.8 Å². The van der Waals surface area contributed by atoms with Gasteiger partial charge in [0.2, 0.25) is 0 Å². The molecule has 0 atom stereocenters. The predicted molar refractivity (Wildman–Crippen MR) is 42.0 cm³/mol. The first kappa shape index (κ1) is 10.3. The molecular weight excluding hydrogens is 158 g/mol. The van der Waals surface area contributed by atoms with Crippen molar-refractivity contribution >= 4 is 17.8 Å². The Bertz CT molecular complexity index is 233. The number of rotatable bonds is 1. The van der Waals surface area contributed by atoms with Crippen molar-refractivity contribution in [1.29, 1.82) is 10.8 Å². The average Bonchev–Trinajstić information content (AvgIpc) is 2.33. The number of carbonyl (C=O) groups excluding carboxylic acids is 2. The fourth-order valence-corrected chi connectivity index (χ4v) is 0.743. The average molecular weight is 167 g/mol. The van der Waals surface area contributed by atoms with Crippen LogP contribution < -0.4 is 0 Å². The molecule has 0 spiro atoms. The van der Waals surface area contributed by atoms with Gasteiger partial charge in [-0.1, -0.05) is 0 Å². The van der Waals surface area contributed by atoms with Gasteiger partial charge in [-0.2, -0.15) is 0 Å². The number of nitrogens with one attached hydrogen (secondary N) is 2. The Balaban J connectivity index is 0.000000354. The van der Waals surface area contributed by atoms with Crippen molar-refractivity contribution in [3.05, 3.63) is 12.2 Å². The number of imide groups is 1. The van der Waals surface area contributed by atoms with Gasteiger partial charge in [0.1, 0.15) is 0 Å². The van der Waals surface area contributed by atoms with Crippen LogP contribution in [-0.2, 0) is 9.59 Å². The molecule has 0 unspecified atom stereocenters. The third-order valence-electron chi connectivity index (χ3n) is 1.22. The summed E-state index contributed by atoms with van der Waals surface area (Å²) in [5.41, 5.74) is 0. The number of amides is 2. The van der Waals surface area contributed by atoms with E-state index in [1.165, 1.54) is 23.1 Å². The van der Waals surface area contributed by atoms with Crippen molar-refractivity contribution in [1.82, 2.24) is 4.90 Å². The lowest BCUT2D eigenvalue weighted by molar-refractivity contribution is -0.136. The maximum Gasteiger partial charge on any atom is 0.253 e. The molecule has 0 saturated heterocycles. The van der Waals surface area contributed by atoms with Crippen molar-refractivity contribution < 1.29 is 9.59 Å². The Morgan fingerprint density at radius 1 is 1.33 bits per heavy atom. The lowest BCUT2D eigenvalue weighted by Crippen LogP contribution is -2.29. The summed E-state index contributed by atoms with van der Waals surface area (Å²) in [4.78, 5) is 22.4. The highest BCUT2D eigenvalue weighted by Crippen LogP contribution is 2.00. The molecule has 0 bridgehead atoms. The van der Waals surface area contributed by atoms with E-state index in [-0.39, 0.29) is 11.8 Å². The van der Waals surface area contributed by atoms with E-state index in [1.807, 2.05) is 0 Å². The van der Waals surface area contributed by atoms with Gasteiger partial charge in [-0.15, -0.1) is 0 Å². The topological polar surface area (TPSA) is 85.1 Å². The lowest BCUT2D eigenvalue weighted by Gasteiger charge is -2.08. The van der Waals surface area contributed by atoms with Crippen LogP contribution >= 0.6 is 0 Å². The van der Waals surface area contributed by atoms with Gasteiger partial charge in [0.05, 0.1) is 6.01 Å². The molecule has 1 aliphatic rings. The molecule has 5 nitrogen and oxygen atoms in total. The largest absolute Gasteiger partial charge is 0.276 e. The van der Waals surface area contributed by atoms with Gasteiger partial charge < -0.3 is 0 Å². The molecule has 0 aliphatic carbocycles. The second-order valence-electron chi connectivity index (χ2n) is 1.88. The van der Waals surface area contributed by atoms with Crippen LogP contribution in [0.15, 0.2) is 12.2 Å². The summed E-state index contributed by atoms with van der Waals surface area (Å²) in [5.74, 6) is -0.412. The minimum atomic E-state index is -0.206. The van der Waals surface area contributed by atoms with Gasteiger partial charge in [-0.3, -0.25) is 14.5 Å². The summed E-state index contributed by atoms with van der Waals surface area (Å²) in [5, 5.41) is 11.2. The van der Waals surface area contributed by atoms with Crippen molar-refractivity contribution in [3.63, 3.8) is 0 Å². The highest BCUT2D eigenvalue weighted by Gasteiger charge is 2.20. The molecular formula is C7H9N3O2. The van der Waals surface area contributed by atoms with Gasteiger partial charge in [0, 0.05) is 18.7 Å². The van der Waals surface area contributed by atoms with Crippen LogP contribution in [-0.4, -0.2) is 29.3 Å². The summed E-state index contributed by atoms with van der Waals surface area (Å²) >= 11 is 0. The number of hydrogen-bond donors (Lipinski definition) is 2. The number of carbonyl (C=O) groups is 2. The maximum absolute atomic E-state index is 10.6. The molecule has 1 aliphatic heterocycles. The quantitative estimate of drug-likeness (QED) is 0.433. The Hall–Kier alpha value is -1.74. The Morgan fingerprint density at radius 2 is 1.67 bits per heavy atom. The first-order chi connectivity index (χ1) is 5.67. The van der Waals surface area contributed by atoms with E-state index < -0.39 is 0 Å².